The van der Waals surface area contributed by atoms with Crippen molar-refractivity contribution in [2.45, 2.75) is 89.9 Å². The lowest BCUT2D eigenvalue weighted by Crippen LogP contribution is -2.62. The van der Waals surface area contributed by atoms with Crippen molar-refractivity contribution >= 4 is 17.5 Å². The molecule has 28 heavy (non-hydrogen) atoms. The molecule has 0 aromatic rings. The molecule has 152 valence electrons. The number of hydrogen-bond acceptors (Lipinski definition) is 5. The average Bonchev–Trinajstić information content (AvgIpc) is 3.25. The van der Waals surface area contributed by atoms with Crippen molar-refractivity contribution in [1.82, 2.24) is 0 Å². The van der Waals surface area contributed by atoms with Crippen molar-refractivity contribution in [3.63, 3.8) is 0 Å². The van der Waals surface area contributed by atoms with Gasteiger partial charge in [-0.1, -0.05) is 19.4 Å². The van der Waals surface area contributed by atoms with Gasteiger partial charge in [0.15, 0.2) is 17.2 Å². The van der Waals surface area contributed by atoms with Gasteiger partial charge in [0.05, 0.1) is 6.10 Å². The zero-order valence-electron chi connectivity index (χ0n) is 17.3. The predicted molar refractivity (Wildman–Crippen MR) is 101 cm³/mol. The molecule has 1 saturated heterocycles. The standard InChI is InChI=1S/C23H30O5/c1-13(24)22(27-14(2)25)10-8-17-18-6-5-15-11-16(26)7-9-20(15,3)23(18)19(28-23)12-21(17,22)4/h11,17-19H,5-10,12H2,1-4H3. The Labute approximate surface area is 166 Å². The lowest BCUT2D eigenvalue weighted by Gasteiger charge is -2.56. The summed E-state index contributed by atoms with van der Waals surface area (Å²) < 4.78 is 12.4. The van der Waals surface area contributed by atoms with Crippen molar-refractivity contribution < 1.29 is 23.9 Å². The number of ether oxygens (including phenoxy) is 2. The fraction of sp³-hybridized carbons (Fsp3) is 0.783. The van der Waals surface area contributed by atoms with Crippen molar-refractivity contribution in [2.75, 3.05) is 0 Å². The van der Waals surface area contributed by atoms with Gasteiger partial charge < -0.3 is 9.47 Å². The number of epoxide rings is 1. The number of hydrogen-bond donors (Lipinski definition) is 0. The number of rotatable bonds is 2. The highest BCUT2D eigenvalue weighted by Crippen LogP contribution is 2.76. The highest BCUT2D eigenvalue weighted by Gasteiger charge is 2.81. The van der Waals surface area contributed by atoms with Gasteiger partial charge in [0.2, 0.25) is 0 Å². The lowest BCUT2D eigenvalue weighted by molar-refractivity contribution is -0.184. The Balaban J connectivity index is 1.57. The summed E-state index contributed by atoms with van der Waals surface area (Å²) in [6.07, 6.45) is 7.57. The molecule has 5 rings (SSSR count). The largest absolute Gasteiger partial charge is 0.451 e. The molecule has 5 nitrogen and oxygen atoms in total. The normalized spacial score (nSPS) is 51.2. The summed E-state index contributed by atoms with van der Waals surface area (Å²) in [6, 6.07) is 0. The first-order valence-electron chi connectivity index (χ1n) is 10.7. The van der Waals surface area contributed by atoms with E-state index < -0.39 is 5.60 Å². The topological polar surface area (TPSA) is 73.0 Å². The van der Waals surface area contributed by atoms with E-state index in [1.807, 2.05) is 6.08 Å². The number of carbonyl (C=O) groups excluding carboxylic acids is 3. The second kappa shape index (κ2) is 5.35. The fourth-order valence-electron chi connectivity index (χ4n) is 8.07. The van der Waals surface area contributed by atoms with Crippen LogP contribution in [0.4, 0.5) is 0 Å². The van der Waals surface area contributed by atoms with E-state index in [-0.39, 0.29) is 40.1 Å². The Hall–Kier alpha value is -1.49. The van der Waals surface area contributed by atoms with E-state index in [2.05, 4.69) is 13.8 Å². The summed E-state index contributed by atoms with van der Waals surface area (Å²) in [7, 11) is 0. The second-order valence-electron chi connectivity index (χ2n) is 10.3. The van der Waals surface area contributed by atoms with Crippen LogP contribution in [0.1, 0.15) is 72.6 Å². The number of Topliss-reactive ketones (excluding diaryl/α,β-unsaturated/α-hetero) is 1. The van der Waals surface area contributed by atoms with E-state index in [0.717, 1.165) is 32.1 Å². The summed E-state index contributed by atoms with van der Waals surface area (Å²) in [6.45, 7) is 7.42. The van der Waals surface area contributed by atoms with Crippen LogP contribution >= 0.6 is 0 Å². The molecule has 1 spiro atoms. The van der Waals surface area contributed by atoms with Crippen molar-refractivity contribution in [2.24, 2.45) is 22.7 Å². The van der Waals surface area contributed by atoms with E-state index in [4.69, 9.17) is 9.47 Å². The molecule has 4 aliphatic carbocycles. The minimum Gasteiger partial charge on any atom is -0.451 e. The Bertz CT molecular complexity index is 829. The van der Waals surface area contributed by atoms with E-state index in [1.165, 1.54) is 12.5 Å². The van der Waals surface area contributed by atoms with Gasteiger partial charge in [-0.15, -0.1) is 0 Å². The van der Waals surface area contributed by atoms with Crippen LogP contribution in [0.2, 0.25) is 0 Å². The summed E-state index contributed by atoms with van der Waals surface area (Å²) in [5.41, 5.74) is -0.436. The first-order chi connectivity index (χ1) is 13.1. The maximum atomic E-state index is 12.8. The van der Waals surface area contributed by atoms with Crippen LogP contribution < -0.4 is 0 Å². The van der Waals surface area contributed by atoms with Gasteiger partial charge in [-0.2, -0.15) is 0 Å². The molecule has 1 aliphatic heterocycles. The quantitative estimate of drug-likeness (QED) is 0.536. The Kier molecular flexibility index (Phi) is 3.54. The molecule has 3 saturated carbocycles. The van der Waals surface area contributed by atoms with Gasteiger partial charge in [0.1, 0.15) is 5.60 Å². The molecular formula is C23H30O5. The molecule has 0 amide bonds. The third-order valence-electron chi connectivity index (χ3n) is 9.34. The monoisotopic (exact) mass is 386 g/mol. The lowest BCUT2D eigenvalue weighted by atomic mass is 9.46. The van der Waals surface area contributed by atoms with Crippen LogP contribution in [-0.4, -0.2) is 34.8 Å². The van der Waals surface area contributed by atoms with E-state index in [9.17, 15) is 14.4 Å². The number of esters is 1. The first kappa shape index (κ1) is 18.5. The summed E-state index contributed by atoms with van der Waals surface area (Å²) in [5, 5.41) is 0. The average molecular weight is 386 g/mol. The van der Waals surface area contributed by atoms with Crippen molar-refractivity contribution in [1.29, 1.82) is 0 Å². The molecule has 5 heteroatoms. The highest BCUT2D eigenvalue weighted by atomic mass is 16.6. The molecule has 0 radical (unpaired) electrons. The molecular weight excluding hydrogens is 356 g/mol. The third kappa shape index (κ3) is 1.90. The van der Waals surface area contributed by atoms with E-state index in [1.54, 1.807) is 6.92 Å². The van der Waals surface area contributed by atoms with Crippen LogP contribution in [0.3, 0.4) is 0 Å². The maximum Gasteiger partial charge on any atom is 0.303 e. The third-order valence-corrected chi connectivity index (χ3v) is 9.34. The molecule has 4 fully saturated rings. The van der Waals surface area contributed by atoms with Crippen LogP contribution in [-0.2, 0) is 23.9 Å². The number of carbonyl (C=O) groups is 3. The van der Waals surface area contributed by atoms with Gasteiger partial charge in [-0.05, 0) is 63.4 Å². The van der Waals surface area contributed by atoms with Crippen LogP contribution in [0, 0.1) is 22.7 Å². The smallest absolute Gasteiger partial charge is 0.303 e. The van der Waals surface area contributed by atoms with Crippen LogP contribution in [0.25, 0.3) is 0 Å². The molecule has 7 atom stereocenters. The fourth-order valence-corrected chi connectivity index (χ4v) is 8.07. The Morgan fingerprint density at radius 1 is 1.11 bits per heavy atom. The molecule has 7 unspecified atom stereocenters. The van der Waals surface area contributed by atoms with Crippen LogP contribution in [0.15, 0.2) is 11.6 Å². The number of fused-ring (bicyclic) bond motifs is 3. The zero-order chi connectivity index (χ0) is 20.1. The Morgan fingerprint density at radius 2 is 1.86 bits per heavy atom. The summed E-state index contributed by atoms with van der Waals surface area (Å²) in [4.78, 5) is 36.8. The Morgan fingerprint density at radius 3 is 2.54 bits per heavy atom. The molecule has 1 heterocycles. The highest BCUT2D eigenvalue weighted by molar-refractivity contribution is 5.92. The first-order valence-corrected chi connectivity index (χ1v) is 10.7. The second-order valence-corrected chi connectivity index (χ2v) is 10.3. The number of ketones is 2. The maximum absolute atomic E-state index is 12.8. The molecule has 5 aliphatic rings. The minimum absolute atomic E-state index is 0.0354. The predicted octanol–water partition coefficient (Wildman–Crippen LogP) is 3.54. The van der Waals surface area contributed by atoms with Gasteiger partial charge in [0.25, 0.3) is 0 Å². The zero-order valence-corrected chi connectivity index (χ0v) is 17.3. The molecule has 0 aromatic carbocycles. The van der Waals surface area contributed by atoms with Gasteiger partial charge >= 0.3 is 5.97 Å². The van der Waals surface area contributed by atoms with Gasteiger partial charge in [-0.25, -0.2) is 0 Å². The summed E-state index contributed by atoms with van der Waals surface area (Å²) in [5.74, 6) is 0.476. The van der Waals surface area contributed by atoms with Gasteiger partial charge in [0, 0.05) is 24.2 Å². The van der Waals surface area contributed by atoms with Crippen molar-refractivity contribution in [3.8, 4) is 0 Å². The van der Waals surface area contributed by atoms with E-state index in [0.29, 0.717) is 24.7 Å². The minimum atomic E-state index is -1.03. The van der Waals surface area contributed by atoms with Crippen LogP contribution in [0.5, 0.6) is 0 Å². The SMILES string of the molecule is CC(=O)OC1(C(C)=O)CCC2C3CCC4=CC(=O)CCC4(C)C34OC4CC21C. The van der Waals surface area contributed by atoms with Gasteiger partial charge in [-0.3, -0.25) is 14.4 Å². The summed E-state index contributed by atoms with van der Waals surface area (Å²) >= 11 is 0. The molecule has 0 aromatic heterocycles. The molecule has 0 N–H and O–H groups in total. The van der Waals surface area contributed by atoms with E-state index >= 15 is 0 Å². The molecule has 0 bridgehead atoms. The van der Waals surface area contributed by atoms with Crippen molar-refractivity contribution in [3.05, 3.63) is 11.6 Å².